The van der Waals surface area contributed by atoms with Gasteiger partial charge in [0.25, 0.3) is 0 Å². The molecule has 3 rings (SSSR count). The normalized spacial score (nSPS) is 16.1. The highest BCUT2D eigenvalue weighted by atomic mass is 16.3. The first kappa shape index (κ1) is 12.7. The van der Waals surface area contributed by atoms with E-state index >= 15 is 0 Å². The maximum Gasteiger partial charge on any atom is 0.245 e. The van der Waals surface area contributed by atoms with Crippen LogP contribution in [0.3, 0.4) is 0 Å². The second kappa shape index (κ2) is 5.38. The van der Waals surface area contributed by atoms with Gasteiger partial charge in [-0.05, 0) is 31.2 Å². The molecule has 20 heavy (non-hydrogen) atoms. The highest BCUT2D eigenvalue weighted by Gasteiger charge is 2.15. The number of aromatic hydroxyl groups is 2. The average molecular weight is 275 g/mol. The van der Waals surface area contributed by atoms with E-state index in [1.807, 2.05) is 0 Å². The molecule has 2 aromatic rings. The zero-order valence-electron chi connectivity index (χ0n) is 11.0. The molecule has 1 aliphatic rings. The van der Waals surface area contributed by atoms with Gasteiger partial charge in [-0.1, -0.05) is 0 Å². The van der Waals surface area contributed by atoms with Crippen LogP contribution in [0.5, 0.6) is 11.5 Å². The Morgan fingerprint density at radius 1 is 1.10 bits per heavy atom. The minimum Gasteiger partial charge on any atom is -0.504 e. The lowest BCUT2D eigenvalue weighted by Gasteiger charge is -2.16. The van der Waals surface area contributed by atoms with E-state index in [9.17, 15) is 10.2 Å². The lowest BCUT2D eigenvalue weighted by atomic mass is 10.2. The first-order chi connectivity index (χ1) is 9.74. The Bertz CT molecular complexity index is 590. The van der Waals surface area contributed by atoms with Crippen LogP contribution in [0.15, 0.2) is 18.2 Å². The monoisotopic (exact) mass is 275 g/mol. The number of nitrogens with zero attached hydrogens (tertiary/aromatic N) is 3. The summed E-state index contributed by atoms with van der Waals surface area (Å²) >= 11 is 0. The minimum absolute atomic E-state index is 0.146. The van der Waals surface area contributed by atoms with Crippen LogP contribution in [0, 0.1) is 0 Å². The van der Waals surface area contributed by atoms with Gasteiger partial charge in [-0.15, -0.1) is 5.10 Å². The van der Waals surface area contributed by atoms with E-state index in [0.717, 1.165) is 32.6 Å². The summed E-state index contributed by atoms with van der Waals surface area (Å²) in [4.78, 5) is 6.58. The van der Waals surface area contributed by atoms with E-state index in [1.54, 1.807) is 6.07 Å². The molecule has 1 aromatic heterocycles. The smallest absolute Gasteiger partial charge is 0.245 e. The molecule has 2 heterocycles. The number of H-pyrrole nitrogens is 1. The van der Waals surface area contributed by atoms with Gasteiger partial charge in [0.2, 0.25) is 5.95 Å². The third kappa shape index (κ3) is 2.53. The number of aromatic nitrogens is 3. The first-order valence-electron chi connectivity index (χ1n) is 6.64. The molecule has 0 amide bonds. The molecule has 7 heteroatoms. The van der Waals surface area contributed by atoms with Crippen molar-refractivity contribution in [3.05, 3.63) is 18.2 Å². The summed E-state index contributed by atoms with van der Waals surface area (Å²) in [5.41, 5.74) is 0.687. The van der Waals surface area contributed by atoms with Crippen LogP contribution in [-0.2, 0) is 0 Å². The molecule has 0 atom stereocenters. The van der Waals surface area contributed by atoms with Gasteiger partial charge in [0, 0.05) is 25.2 Å². The first-order valence-corrected chi connectivity index (χ1v) is 6.64. The number of rotatable bonds is 2. The van der Waals surface area contributed by atoms with Crippen LogP contribution < -0.4 is 10.2 Å². The summed E-state index contributed by atoms with van der Waals surface area (Å²) in [5, 5.41) is 29.3. The number of hydrogen-bond donors (Lipinski definition) is 4. The number of aromatic amines is 1. The average Bonchev–Trinajstić information content (AvgIpc) is 2.78. The summed E-state index contributed by atoms with van der Waals surface area (Å²) < 4.78 is 0. The molecule has 1 aliphatic heterocycles. The maximum absolute atomic E-state index is 9.52. The molecule has 0 radical (unpaired) electrons. The van der Waals surface area contributed by atoms with Crippen molar-refractivity contribution in [1.29, 1.82) is 0 Å². The molecule has 1 fully saturated rings. The van der Waals surface area contributed by atoms with E-state index in [0.29, 0.717) is 17.3 Å². The zero-order chi connectivity index (χ0) is 13.9. The van der Waals surface area contributed by atoms with Crippen LogP contribution in [0.2, 0.25) is 0 Å². The summed E-state index contributed by atoms with van der Waals surface area (Å²) in [7, 11) is 0. The predicted octanol–water partition coefficient (Wildman–Crippen LogP) is 0.683. The van der Waals surface area contributed by atoms with Gasteiger partial charge in [-0.2, -0.15) is 4.98 Å². The summed E-state index contributed by atoms with van der Waals surface area (Å²) in [6.45, 7) is 3.73. The van der Waals surface area contributed by atoms with Crippen molar-refractivity contribution in [2.24, 2.45) is 0 Å². The summed E-state index contributed by atoms with van der Waals surface area (Å²) in [5.74, 6) is 0.926. The fourth-order valence-corrected chi connectivity index (χ4v) is 2.24. The third-order valence-corrected chi connectivity index (χ3v) is 3.35. The van der Waals surface area contributed by atoms with Crippen LogP contribution in [0.1, 0.15) is 6.42 Å². The van der Waals surface area contributed by atoms with Crippen LogP contribution >= 0.6 is 0 Å². The molecule has 106 valence electrons. The molecule has 0 spiro atoms. The fourth-order valence-electron chi connectivity index (χ4n) is 2.24. The zero-order valence-corrected chi connectivity index (χ0v) is 11.0. The van der Waals surface area contributed by atoms with Gasteiger partial charge in [0.1, 0.15) is 0 Å². The number of nitrogens with one attached hydrogen (secondary N) is 2. The molecule has 0 bridgehead atoms. The van der Waals surface area contributed by atoms with E-state index < -0.39 is 0 Å². The van der Waals surface area contributed by atoms with E-state index in [-0.39, 0.29) is 11.5 Å². The third-order valence-electron chi connectivity index (χ3n) is 3.35. The lowest BCUT2D eigenvalue weighted by molar-refractivity contribution is 0.404. The van der Waals surface area contributed by atoms with Crippen molar-refractivity contribution in [2.45, 2.75) is 6.42 Å². The van der Waals surface area contributed by atoms with Gasteiger partial charge in [-0.25, -0.2) is 0 Å². The number of phenolic OH excluding ortho intramolecular Hbond substituents is 2. The maximum atomic E-state index is 9.52. The molecule has 4 N–H and O–H groups in total. The van der Waals surface area contributed by atoms with Crippen molar-refractivity contribution in [3.8, 4) is 22.9 Å². The Hall–Kier alpha value is -2.28. The number of hydrogen-bond acceptors (Lipinski definition) is 6. The number of phenols is 2. The van der Waals surface area contributed by atoms with Crippen LogP contribution in [0.4, 0.5) is 5.95 Å². The standard InChI is InChI=1S/C13H17N5O2/c19-10-3-2-9(8-11(10)20)12-15-13(17-16-12)18-6-1-4-14-5-7-18/h2-3,8,14,19-20H,1,4-7H2,(H,15,16,17). The number of anilines is 1. The Labute approximate surface area is 116 Å². The Morgan fingerprint density at radius 3 is 2.85 bits per heavy atom. The lowest BCUT2D eigenvalue weighted by Crippen LogP contribution is -2.28. The van der Waals surface area contributed by atoms with Crippen molar-refractivity contribution in [2.75, 3.05) is 31.1 Å². The molecule has 1 aromatic carbocycles. The van der Waals surface area contributed by atoms with Gasteiger partial charge in [-0.3, -0.25) is 5.10 Å². The van der Waals surface area contributed by atoms with Crippen LogP contribution in [-0.4, -0.2) is 51.6 Å². The number of benzene rings is 1. The highest BCUT2D eigenvalue weighted by Crippen LogP contribution is 2.29. The highest BCUT2D eigenvalue weighted by molar-refractivity contribution is 5.61. The summed E-state index contributed by atoms with van der Waals surface area (Å²) in [6.07, 6.45) is 1.06. The van der Waals surface area contributed by atoms with E-state index in [1.165, 1.54) is 12.1 Å². The molecular formula is C13H17N5O2. The Balaban J connectivity index is 1.83. The summed E-state index contributed by atoms with van der Waals surface area (Å²) in [6, 6.07) is 4.58. The largest absolute Gasteiger partial charge is 0.504 e. The fraction of sp³-hybridized carbons (Fsp3) is 0.385. The molecule has 0 aliphatic carbocycles. The second-order valence-electron chi connectivity index (χ2n) is 4.78. The quantitative estimate of drug-likeness (QED) is 0.602. The van der Waals surface area contributed by atoms with Gasteiger partial charge < -0.3 is 20.4 Å². The van der Waals surface area contributed by atoms with Crippen LogP contribution in [0.25, 0.3) is 11.4 Å². The molecule has 1 saturated heterocycles. The Kier molecular flexibility index (Phi) is 3.42. The van der Waals surface area contributed by atoms with E-state index in [2.05, 4.69) is 25.4 Å². The van der Waals surface area contributed by atoms with Gasteiger partial charge >= 0.3 is 0 Å². The molecule has 7 nitrogen and oxygen atoms in total. The van der Waals surface area contributed by atoms with Crippen molar-refractivity contribution in [3.63, 3.8) is 0 Å². The Morgan fingerprint density at radius 2 is 2.00 bits per heavy atom. The topological polar surface area (TPSA) is 97.3 Å². The predicted molar refractivity (Wildman–Crippen MR) is 74.8 cm³/mol. The van der Waals surface area contributed by atoms with Crippen molar-refractivity contribution in [1.82, 2.24) is 20.5 Å². The van der Waals surface area contributed by atoms with Gasteiger partial charge in [0.15, 0.2) is 17.3 Å². The van der Waals surface area contributed by atoms with Crippen molar-refractivity contribution < 1.29 is 10.2 Å². The molecular weight excluding hydrogens is 258 g/mol. The molecule has 0 unspecified atom stereocenters. The van der Waals surface area contributed by atoms with Crippen molar-refractivity contribution >= 4 is 5.95 Å². The van der Waals surface area contributed by atoms with E-state index in [4.69, 9.17) is 0 Å². The van der Waals surface area contributed by atoms with Gasteiger partial charge in [0.05, 0.1) is 0 Å². The second-order valence-corrected chi connectivity index (χ2v) is 4.78. The SMILES string of the molecule is Oc1ccc(-c2nc(N3CCCNCC3)n[nH]2)cc1O. The molecule has 0 saturated carbocycles. The minimum atomic E-state index is -0.167.